The molecule has 0 radical (unpaired) electrons. The molecule has 0 amide bonds. The van der Waals surface area contributed by atoms with Gasteiger partial charge in [-0.3, -0.25) is 0 Å². The predicted molar refractivity (Wildman–Crippen MR) is 70.6 cm³/mol. The monoisotopic (exact) mass is 366 g/mol. The molecule has 0 unspecified atom stereocenters. The van der Waals surface area contributed by atoms with Gasteiger partial charge in [-0.15, -0.1) is 0 Å². The number of carboxylic acid groups (broad SMARTS) is 1. The summed E-state index contributed by atoms with van der Waals surface area (Å²) in [6, 6.07) is 2.90. The lowest BCUT2D eigenvalue weighted by Gasteiger charge is -2.19. The Bertz CT molecular complexity index is 415. The summed E-state index contributed by atoms with van der Waals surface area (Å²) >= 11 is 6.47. The fraction of sp³-hybridized carbons (Fsp3) is 0.364. The number of benzene rings is 1. The smallest absolute Gasteiger partial charge is 0.335 e. The van der Waals surface area contributed by atoms with Gasteiger partial charge in [0.25, 0.3) is 0 Å². The Morgan fingerprint density at radius 3 is 2.18 bits per heavy atom. The number of aliphatic hydroxyl groups is 1. The highest BCUT2D eigenvalue weighted by molar-refractivity contribution is 9.11. The summed E-state index contributed by atoms with van der Waals surface area (Å²) in [5.41, 5.74) is -0.802. The molecule has 6 heteroatoms. The van der Waals surface area contributed by atoms with Crippen LogP contribution in [-0.2, 0) is 0 Å². The van der Waals surface area contributed by atoms with Crippen molar-refractivity contribution in [2.45, 2.75) is 19.4 Å². The third-order valence-electron chi connectivity index (χ3n) is 1.81. The lowest BCUT2D eigenvalue weighted by molar-refractivity contribution is 0.0279. The van der Waals surface area contributed by atoms with E-state index in [1.54, 1.807) is 13.8 Å². The molecule has 17 heavy (non-hydrogen) atoms. The van der Waals surface area contributed by atoms with Crippen molar-refractivity contribution in [3.05, 3.63) is 26.6 Å². The summed E-state index contributed by atoms with van der Waals surface area (Å²) < 4.78 is 6.47. The number of ether oxygens (including phenoxy) is 1. The molecule has 0 fully saturated rings. The second-order valence-corrected chi connectivity index (χ2v) is 5.88. The van der Waals surface area contributed by atoms with Gasteiger partial charge in [0.05, 0.1) is 20.1 Å². The first kappa shape index (κ1) is 14.5. The summed E-state index contributed by atoms with van der Waals surface area (Å²) in [6.45, 7) is 3.36. The maximum atomic E-state index is 10.8. The van der Waals surface area contributed by atoms with E-state index < -0.39 is 11.6 Å². The van der Waals surface area contributed by atoms with Gasteiger partial charge in [0.15, 0.2) is 0 Å². The minimum Gasteiger partial charge on any atom is -0.488 e. The predicted octanol–water partition coefficient (Wildman–Crippen LogP) is 3.06. The standard InChI is InChI=1S/C11H12Br2O4/c1-11(2,16)5-17-9-7(12)3-6(10(14)15)4-8(9)13/h3-4,16H,5H2,1-2H3,(H,14,15). The molecular formula is C11H12Br2O4. The van der Waals surface area contributed by atoms with Crippen LogP contribution in [0.2, 0.25) is 0 Å². The van der Waals surface area contributed by atoms with Crippen molar-refractivity contribution in [3.8, 4) is 5.75 Å². The van der Waals surface area contributed by atoms with Crippen LogP contribution in [0.15, 0.2) is 21.1 Å². The number of carbonyl (C=O) groups is 1. The number of hydrogen-bond acceptors (Lipinski definition) is 3. The van der Waals surface area contributed by atoms with E-state index in [0.29, 0.717) is 14.7 Å². The highest BCUT2D eigenvalue weighted by Crippen LogP contribution is 2.35. The van der Waals surface area contributed by atoms with E-state index in [9.17, 15) is 9.90 Å². The van der Waals surface area contributed by atoms with Gasteiger partial charge in [0.1, 0.15) is 12.4 Å². The molecule has 2 N–H and O–H groups in total. The van der Waals surface area contributed by atoms with Gasteiger partial charge in [-0.05, 0) is 57.8 Å². The Balaban J connectivity index is 2.98. The first-order valence-corrected chi connectivity index (χ1v) is 6.37. The molecule has 94 valence electrons. The minimum atomic E-state index is -1.01. The van der Waals surface area contributed by atoms with E-state index in [0.717, 1.165) is 0 Å². The van der Waals surface area contributed by atoms with Crippen molar-refractivity contribution in [1.82, 2.24) is 0 Å². The minimum absolute atomic E-state index is 0.108. The molecule has 0 aliphatic heterocycles. The summed E-state index contributed by atoms with van der Waals surface area (Å²) in [5, 5.41) is 18.4. The fourth-order valence-corrected chi connectivity index (χ4v) is 2.49. The molecule has 4 nitrogen and oxygen atoms in total. The van der Waals surface area contributed by atoms with Crippen molar-refractivity contribution in [2.24, 2.45) is 0 Å². The zero-order valence-electron chi connectivity index (χ0n) is 9.33. The molecule has 0 bridgehead atoms. The summed E-state index contributed by atoms with van der Waals surface area (Å²) in [5.74, 6) is -0.544. The molecule has 1 aromatic carbocycles. The van der Waals surface area contributed by atoms with Crippen LogP contribution >= 0.6 is 31.9 Å². The zero-order chi connectivity index (χ0) is 13.2. The molecule has 0 aromatic heterocycles. The highest BCUT2D eigenvalue weighted by Gasteiger charge is 2.17. The normalized spacial score (nSPS) is 11.4. The van der Waals surface area contributed by atoms with E-state index in [2.05, 4.69) is 31.9 Å². The molecule has 0 aliphatic carbocycles. The second kappa shape index (κ2) is 5.37. The second-order valence-electron chi connectivity index (χ2n) is 4.18. The topological polar surface area (TPSA) is 66.8 Å². The van der Waals surface area contributed by atoms with Gasteiger partial charge in [0.2, 0.25) is 0 Å². The quantitative estimate of drug-likeness (QED) is 0.858. The average Bonchev–Trinajstić information content (AvgIpc) is 2.14. The molecule has 0 spiro atoms. The first-order chi connectivity index (χ1) is 7.70. The van der Waals surface area contributed by atoms with Gasteiger partial charge in [-0.25, -0.2) is 4.79 Å². The van der Waals surface area contributed by atoms with Crippen LogP contribution in [0.3, 0.4) is 0 Å². The Labute approximate surface area is 116 Å². The Morgan fingerprint density at radius 2 is 1.82 bits per heavy atom. The molecule has 0 saturated heterocycles. The summed E-state index contributed by atoms with van der Waals surface area (Å²) in [7, 11) is 0. The van der Waals surface area contributed by atoms with Crippen LogP contribution in [0.1, 0.15) is 24.2 Å². The zero-order valence-corrected chi connectivity index (χ0v) is 12.5. The van der Waals surface area contributed by atoms with Crippen LogP contribution in [0.25, 0.3) is 0 Å². The number of carboxylic acids is 1. The SMILES string of the molecule is CC(C)(O)COc1c(Br)cc(C(=O)O)cc1Br. The molecule has 0 aliphatic rings. The molecule has 1 aromatic rings. The van der Waals surface area contributed by atoms with Gasteiger partial charge < -0.3 is 14.9 Å². The van der Waals surface area contributed by atoms with Crippen molar-refractivity contribution in [1.29, 1.82) is 0 Å². The molecule has 1 rings (SSSR count). The van der Waals surface area contributed by atoms with Gasteiger partial charge in [0, 0.05) is 0 Å². The van der Waals surface area contributed by atoms with Crippen molar-refractivity contribution >= 4 is 37.8 Å². The summed E-state index contributed by atoms with van der Waals surface area (Å²) in [6.07, 6.45) is 0. The van der Waals surface area contributed by atoms with E-state index in [-0.39, 0.29) is 12.2 Å². The van der Waals surface area contributed by atoms with Crippen LogP contribution in [0.4, 0.5) is 0 Å². The molecule has 0 atom stereocenters. The van der Waals surface area contributed by atoms with Gasteiger partial charge >= 0.3 is 5.97 Å². The van der Waals surface area contributed by atoms with E-state index >= 15 is 0 Å². The van der Waals surface area contributed by atoms with E-state index in [4.69, 9.17) is 9.84 Å². The van der Waals surface area contributed by atoms with Crippen LogP contribution in [0, 0.1) is 0 Å². The molecular weight excluding hydrogens is 356 g/mol. The van der Waals surface area contributed by atoms with Crippen molar-refractivity contribution in [2.75, 3.05) is 6.61 Å². The largest absolute Gasteiger partial charge is 0.488 e. The van der Waals surface area contributed by atoms with E-state index in [1.165, 1.54) is 12.1 Å². The number of aromatic carboxylic acids is 1. The molecule has 0 saturated carbocycles. The lowest BCUT2D eigenvalue weighted by Crippen LogP contribution is -2.28. The first-order valence-electron chi connectivity index (χ1n) is 4.78. The van der Waals surface area contributed by atoms with Crippen LogP contribution < -0.4 is 4.74 Å². The highest BCUT2D eigenvalue weighted by atomic mass is 79.9. The van der Waals surface area contributed by atoms with Crippen LogP contribution in [0.5, 0.6) is 5.75 Å². The van der Waals surface area contributed by atoms with E-state index in [1.807, 2.05) is 0 Å². The van der Waals surface area contributed by atoms with Crippen molar-refractivity contribution in [3.63, 3.8) is 0 Å². The number of halogens is 2. The van der Waals surface area contributed by atoms with Crippen molar-refractivity contribution < 1.29 is 19.7 Å². The number of hydrogen-bond donors (Lipinski definition) is 2. The van der Waals surface area contributed by atoms with Gasteiger partial charge in [-0.2, -0.15) is 0 Å². The van der Waals surface area contributed by atoms with Crippen LogP contribution in [-0.4, -0.2) is 28.4 Å². The third kappa shape index (κ3) is 4.29. The Morgan fingerprint density at radius 1 is 1.35 bits per heavy atom. The maximum Gasteiger partial charge on any atom is 0.335 e. The summed E-state index contributed by atoms with van der Waals surface area (Å²) in [4.78, 5) is 10.8. The third-order valence-corrected chi connectivity index (χ3v) is 2.99. The number of rotatable bonds is 4. The Hall–Kier alpha value is -0.590. The average molecular weight is 368 g/mol. The Kier molecular flexibility index (Phi) is 4.57. The maximum absolute atomic E-state index is 10.8. The fourth-order valence-electron chi connectivity index (χ4n) is 1.07. The van der Waals surface area contributed by atoms with Gasteiger partial charge in [-0.1, -0.05) is 0 Å². The molecule has 0 heterocycles. The lowest BCUT2D eigenvalue weighted by atomic mass is 10.1.